The summed E-state index contributed by atoms with van der Waals surface area (Å²) in [6, 6.07) is -3.31. The molecule has 0 aliphatic carbocycles. The fourth-order valence-corrected chi connectivity index (χ4v) is 0.268. The number of carbonyl (C=O) groups is 2. The van der Waals surface area contributed by atoms with Crippen LogP contribution in [0.3, 0.4) is 0 Å². The first-order chi connectivity index (χ1) is 4.04. The van der Waals surface area contributed by atoms with Gasteiger partial charge in [0, 0.05) is 0 Å². The first kappa shape index (κ1) is 8.03. The Bertz CT molecular complexity index is 136. The van der Waals surface area contributed by atoms with Crippen LogP contribution in [0.4, 0.5) is 4.39 Å². The van der Waals surface area contributed by atoms with E-state index in [2.05, 4.69) is 0 Å². The fourth-order valence-electron chi connectivity index (χ4n) is 0.268. The van der Waals surface area contributed by atoms with Crippen LogP contribution in [0.15, 0.2) is 0 Å². The van der Waals surface area contributed by atoms with Crippen LogP contribution in [0.5, 0.6) is 0 Å². The monoisotopic (exact) mass is 135 g/mol. The SMILES string of the molecule is NC(CC(=O)O)C(=O)F. The van der Waals surface area contributed by atoms with E-state index in [1.165, 1.54) is 0 Å². The third-order valence-electron chi connectivity index (χ3n) is 0.686. The van der Waals surface area contributed by atoms with Crippen molar-refractivity contribution in [2.45, 2.75) is 12.5 Å². The summed E-state index contributed by atoms with van der Waals surface area (Å²) in [4.78, 5) is 19.3. The van der Waals surface area contributed by atoms with Crippen LogP contribution in [0, 0.1) is 0 Å². The van der Waals surface area contributed by atoms with Gasteiger partial charge in [-0.05, 0) is 0 Å². The number of rotatable bonds is 3. The lowest BCUT2D eigenvalue weighted by atomic mass is 10.2. The Morgan fingerprint density at radius 3 is 2.22 bits per heavy atom. The lowest BCUT2D eigenvalue weighted by molar-refractivity contribution is -0.141. The maximum atomic E-state index is 11.4. The minimum Gasteiger partial charge on any atom is -0.481 e. The molecule has 0 aliphatic heterocycles. The van der Waals surface area contributed by atoms with Crippen molar-refractivity contribution < 1.29 is 19.1 Å². The highest BCUT2D eigenvalue weighted by Gasteiger charge is 2.15. The summed E-state index contributed by atoms with van der Waals surface area (Å²) in [5.41, 5.74) is 4.71. The topological polar surface area (TPSA) is 80.4 Å². The summed E-state index contributed by atoms with van der Waals surface area (Å²) in [7, 11) is 0. The van der Waals surface area contributed by atoms with E-state index < -0.39 is 24.5 Å². The van der Waals surface area contributed by atoms with E-state index in [1.54, 1.807) is 0 Å². The molecule has 52 valence electrons. The zero-order chi connectivity index (χ0) is 7.44. The van der Waals surface area contributed by atoms with E-state index >= 15 is 0 Å². The highest BCUT2D eigenvalue weighted by atomic mass is 19.1. The van der Waals surface area contributed by atoms with Gasteiger partial charge in [-0.2, -0.15) is 4.39 Å². The smallest absolute Gasteiger partial charge is 0.318 e. The number of carboxylic acids is 1. The molecule has 4 nitrogen and oxygen atoms in total. The van der Waals surface area contributed by atoms with Gasteiger partial charge in [0.05, 0.1) is 6.42 Å². The molecular weight excluding hydrogens is 129 g/mol. The van der Waals surface area contributed by atoms with Gasteiger partial charge in [-0.25, -0.2) is 0 Å². The van der Waals surface area contributed by atoms with Gasteiger partial charge in [-0.1, -0.05) is 0 Å². The third kappa shape index (κ3) is 3.60. The molecule has 0 aromatic rings. The van der Waals surface area contributed by atoms with Gasteiger partial charge >= 0.3 is 12.0 Å². The Balaban J connectivity index is 3.63. The molecule has 0 heterocycles. The zero-order valence-electron chi connectivity index (χ0n) is 4.50. The highest BCUT2D eigenvalue weighted by molar-refractivity contribution is 5.80. The van der Waals surface area contributed by atoms with Crippen LogP contribution in [0.25, 0.3) is 0 Å². The van der Waals surface area contributed by atoms with E-state index in [9.17, 15) is 14.0 Å². The van der Waals surface area contributed by atoms with Crippen LogP contribution >= 0.6 is 0 Å². The summed E-state index contributed by atoms with van der Waals surface area (Å²) in [6.07, 6.45) is -0.657. The van der Waals surface area contributed by atoms with Crippen molar-refractivity contribution in [3.63, 3.8) is 0 Å². The van der Waals surface area contributed by atoms with Crippen molar-refractivity contribution in [1.29, 1.82) is 0 Å². The molecule has 0 amide bonds. The molecular formula is C4H6FNO3. The van der Waals surface area contributed by atoms with Gasteiger partial charge in [0.25, 0.3) is 0 Å². The molecule has 0 radical (unpaired) electrons. The Hall–Kier alpha value is -0.970. The summed E-state index contributed by atoms with van der Waals surface area (Å²) in [5, 5.41) is 7.93. The molecule has 5 heteroatoms. The molecule has 0 bridgehead atoms. The molecule has 9 heavy (non-hydrogen) atoms. The van der Waals surface area contributed by atoms with Gasteiger partial charge in [0.15, 0.2) is 0 Å². The van der Waals surface area contributed by atoms with Crippen LogP contribution in [-0.4, -0.2) is 23.2 Å². The zero-order valence-corrected chi connectivity index (χ0v) is 4.50. The summed E-state index contributed by atoms with van der Waals surface area (Å²) >= 11 is 0. The van der Waals surface area contributed by atoms with Crippen molar-refractivity contribution in [3.05, 3.63) is 0 Å². The molecule has 0 saturated heterocycles. The molecule has 0 spiro atoms. The van der Waals surface area contributed by atoms with E-state index in [0.717, 1.165) is 0 Å². The Kier molecular flexibility index (Phi) is 2.80. The first-order valence-corrected chi connectivity index (χ1v) is 2.20. The Morgan fingerprint density at radius 1 is 1.67 bits per heavy atom. The predicted molar refractivity (Wildman–Crippen MR) is 26.3 cm³/mol. The van der Waals surface area contributed by atoms with Crippen molar-refractivity contribution in [2.24, 2.45) is 5.73 Å². The molecule has 0 fully saturated rings. The number of halogens is 1. The van der Waals surface area contributed by atoms with Crippen molar-refractivity contribution >= 4 is 12.0 Å². The molecule has 0 rings (SSSR count). The minimum atomic E-state index is -1.79. The average Bonchev–Trinajstić information content (AvgIpc) is 1.63. The second kappa shape index (κ2) is 3.13. The largest absolute Gasteiger partial charge is 0.481 e. The number of carboxylic acid groups (broad SMARTS) is 1. The summed E-state index contributed by atoms with van der Waals surface area (Å²) < 4.78 is 11.4. The van der Waals surface area contributed by atoms with Crippen LogP contribution in [-0.2, 0) is 9.59 Å². The van der Waals surface area contributed by atoms with Gasteiger partial charge in [0.2, 0.25) is 0 Å². The number of aliphatic carboxylic acids is 1. The average molecular weight is 135 g/mol. The van der Waals surface area contributed by atoms with Crippen molar-refractivity contribution in [1.82, 2.24) is 0 Å². The fraction of sp³-hybridized carbons (Fsp3) is 0.500. The lowest BCUT2D eigenvalue weighted by Crippen LogP contribution is -2.29. The number of hydrogen-bond acceptors (Lipinski definition) is 3. The standard InChI is InChI=1S/C4H6FNO3/c5-4(9)2(6)1-3(7)8/h2H,1,6H2,(H,7,8). The number of carbonyl (C=O) groups excluding carboxylic acids is 1. The first-order valence-electron chi connectivity index (χ1n) is 2.20. The molecule has 1 atom stereocenters. The van der Waals surface area contributed by atoms with Crippen LogP contribution < -0.4 is 5.73 Å². The van der Waals surface area contributed by atoms with Crippen molar-refractivity contribution in [3.8, 4) is 0 Å². The third-order valence-corrected chi connectivity index (χ3v) is 0.686. The second-order valence-corrected chi connectivity index (χ2v) is 1.51. The molecule has 1 unspecified atom stereocenters. The van der Waals surface area contributed by atoms with Crippen molar-refractivity contribution in [2.75, 3.05) is 0 Å². The van der Waals surface area contributed by atoms with E-state index in [-0.39, 0.29) is 0 Å². The summed E-state index contributed by atoms with van der Waals surface area (Å²) in [5.74, 6) is -1.28. The van der Waals surface area contributed by atoms with Gasteiger partial charge in [-0.15, -0.1) is 0 Å². The maximum absolute atomic E-state index is 11.4. The number of nitrogens with two attached hydrogens (primary N) is 1. The molecule has 3 N–H and O–H groups in total. The normalized spacial score (nSPS) is 12.7. The quantitative estimate of drug-likeness (QED) is 0.500. The Morgan fingerprint density at radius 2 is 2.11 bits per heavy atom. The molecule has 0 aromatic carbocycles. The van der Waals surface area contributed by atoms with E-state index in [4.69, 9.17) is 10.8 Å². The van der Waals surface area contributed by atoms with E-state index in [0.29, 0.717) is 0 Å². The van der Waals surface area contributed by atoms with E-state index in [1.807, 2.05) is 0 Å². The predicted octanol–water partition coefficient (Wildman–Crippen LogP) is -0.716. The molecule has 0 aliphatic rings. The minimum absolute atomic E-state index is 0.657. The molecule has 0 saturated carbocycles. The van der Waals surface area contributed by atoms with Crippen LogP contribution in [0.1, 0.15) is 6.42 Å². The Labute approximate surface area is 50.5 Å². The van der Waals surface area contributed by atoms with Gasteiger partial charge in [0.1, 0.15) is 6.04 Å². The summed E-state index contributed by atoms with van der Waals surface area (Å²) in [6.45, 7) is 0. The maximum Gasteiger partial charge on any atom is 0.318 e. The van der Waals surface area contributed by atoms with Crippen LogP contribution in [0.2, 0.25) is 0 Å². The molecule has 0 aromatic heterocycles. The van der Waals surface area contributed by atoms with Gasteiger partial charge in [-0.3, -0.25) is 9.59 Å². The highest BCUT2D eigenvalue weighted by Crippen LogP contribution is 1.89. The number of hydrogen-bond donors (Lipinski definition) is 2. The second-order valence-electron chi connectivity index (χ2n) is 1.51. The lowest BCUT2D eigenvalue weighted by Gasteiger charge is -1.97. The van der Waals surface area contributed by atoms with Gasteiger partial charge < -0.3 is 10.8 Å².